The summed E-state index contributed by atoms with van der Waals surface area (Å²) in [5.74, 6) is -1.23. The summed E-state index contributed by atoms with van der Waals surface area (Å²) in [5, 5.41) is 5.81. The third-order valence-corrected chi connectivity index (χ3v) is 14.0. The van der Waals surface area contributed by atoms with Crippen LogP contribution >= 0.6 is 0 Å². The number of benzene rings is 2. The molecule has 5 aliphatic rings. The number of sulfonamides is 1. The Bertz CT molecular complexity index is 2340. The molecule has 5 atom stereocenters. The molecule has 3 fully saturated rings. The van der Waals surface area contributed by atoms with Crippen molar-refractivity contribution < 1.29 is 41.8 Å². The van der Waals surface area contributed by atoms with E-state index in [4.69, 9.17) is 19.2 Å². The number of alkyl carbamates (subject to hydrolysis) is 1. The second-order valence-electron chi connectivity index (χ2n) is 17.5. The fourth-order valence-electron chi connectivity index (χ4n) is 8.44. The lowest BCUT2D eigenvalue weighted by Crippen LogP contribution is -2.58. The maximum absolute atomic E-state index is 14.8. The van der Waals surface area contributed by atoms with Gasteiger partial charge in [-0.2, -0.15) is 0 Å². The molecule has 318 valence electrons. The number of cyclic esters (lactones) is 1. The molecule has 2 aliphatic carbocycles. The minimum atomic E-state index is -3.91. The molecular weight excluding hydrogens is 787 g/mol. The molecule has 4 amide bonds. The summed E-state index contributed by atoms with van der Waals surface area (Å²) < 4.78 is 46.6. The van der Waals surface area contributed by atoms with Crippen molar-refractivity contribution in [2.24, 2.45) is 11.3 Å². The van der Waals surface area contributed by atoms with E-state index in [0.29, 0.717) is 66.6 Å². The summed E-state index contributed by atoms with van der Waals surface area (Å²) in [7, 11) is -2.31. The van der Waals surface area contributed by atoms with Crippen molar-refractivity contribution in [3.63, 3.8) is 0 Å². The average molecular weight is 840 g/mol. The number of fused-ring (bicyclic) bond motifs is 4. The van der Waals surface area contributed by atoms with E-state index in [9.17, 15) is 27.6 Å². The van der Waals surface area contributed by atoms with Crippen molar-refractivity contribution in [1.29, 1.82) is 0 Å². The first kappa shape index (κ1) is 41.3. The predicted octanol–water partition coefficient (Wildman–Crippen LogP) is 5.80. The molecule has 60 heavy (non-hydrogen) atoms. The van der Waals surface area contributed by atoms with Gasteiger partial charge in [-0.3, -0.25) is 19.1 Å². The summed E-state index contributed by atoms with van der Waals surface area (Å²) in [5.41, 5.74) is 0.928. The summed E-state index contributed by atoms with van der Waals surface area (Å²) >= 11 is 0. The van der Waals surface area contributed by atoms with E-state index in [-0.39, 0.29) is 26.0 Å². The number of pyridine rings is 1. The highest BCUT2D eigenvalue weighted by Crippen LogP contribution is 2.46. The van der Waals surface area contributed by atoms with Crippen LogP contribution in [-0.4, -0.2) is 91.4 Å². The predicted molar refractivity (Wildman–Crippen MR) is 225 cm³/mol. The van der Waals surface area contributed by atoms with E-state index < -0.39 is 74.1 Å². The van der Waals surface area contributed by atoms with Gasteiger partial charge in [-0.25, -0.2) is 18.2 Å². The number of methoxy groups -OCH3 is 1. The number of nitrogens with one attached hydrogen (secondary N) is 3. The largest absolute Gasteiger partial charge is 0.496 e. The average Bonchev–Trinajstić information content (AvgIpc) is 4.15. The lowest BCUT2D eigenvalue weighted by Gasteiger charge is -2.30. The van der Waals surface area contributed by atoms with Crippen molar-refractivity contribution >= 4 is 50.8 Å². The number of allylic oxidation sites excluding steroid dienone is 2. The summed E-state index contributed by atoms with van der Waals surface area (Å²) in [4.78, 5) is 63.1. The molecule has 8 rings (SSSR count). The van der Waals surface area contributed by atoms with E-state index in [1.165, 1.54) is 4.90 Å². The minimum absolute atomic E-state index is 0.0107. The third-order valence-electron chi connectivity index (χ3n) is 12.2. The molecule has 1 aromatic heterocycles. The van der Waals surface area contributed by atoms with Gasteiger partial charge >= 0.3 is 6.09 Å². The number of carbonyl (C=O) groups is 4. The third kappa shape index (κ3) is 8.86. The quantitative estimate of drug-likeness (QED) is 0.266. The first-order chi connectivity index (χ1) is 28.7. The van der Waals surface area contributed by atoms with Crippen LogP contribution in [-0.2, 0) is 29.1 Å². The summed E-state index contributed by atoms with van der Waals surface area (Å²) in [6, 6.07) is 13.2. The molecule has 1 saturated heterocycles. The molecule has 15 heteroatoms. The van der Waals surface area contributed by atoms with Gasteiger partial charge in [0, 0.05) is 46.4 Å². The molecule has 5 bridgehead atoms. The Hall–Kier alpha value is -5.44. The highest BCUT2D eigenvalue weighted by atomic mass is 32.2. The normalized spacial score (nSPS) is 28.3. The molecule has 0 spiro atoms. The number of hydrogen-bond donors (Lipinski definition) is 3. The van der Waals surface area contributed by atoms with Gasteiger partial charge in [0.1, 0.15) is 35.2 Å². The van der Waals surface area contributed by atoms with Gasteiger partial charge < -0.3 is 29.7 Å². The SMILES string of the molecule is COc1cc2nc(-c3ccccc3)cc3c2cc1/C=C/CC(C)(C)COC(=O)N[C@H]1CCCCC/C=C\[C@@H]2C[C@@]2(C(=O)NS(=O)(=O)C2CC2)NC(=O)[C@@H]2C[C@H](CN2C1=O)O3. The first-order valence-corrected chi connectivity index (χ1v) is 22.5. The fraction of sp³-hybridized carbons (Fsp3) is 0.489. The highest BCUT2D eigenvalue weighted by Gasteiger charge is 2.62. The zero-order valence-corrected chi connectivity index (χ0v) is 35.1. The van der Waals surface area contributed by atoms with Crippen LogP contribution in [0.3, 0.4) is 0 Å². The van der Waals surface area contributed by atoms with Crippen LogP contribution in [0.2, 0.25) is 0 Å². The van der Waals surface area contributed by atoms with Gasteiger partial charge in [0.05, 0.1) is 36.7 Å². The van der Waals surface area contributed by atoms with Gasteiger partial charge in [-0.15, -0.1) is 0 Å². The number of amides is 4. The van der Waals surface area contributed by atoms with E-state index in [1.54, 1.807) is 7.11 Å². The lowest BCUT2D eigenvalue weighted by molar-refractivity contribution is -0.141. The van der Waals surface area contributed by atoms with Crippen LogP contribution in [0.1, 0.15) is 83.6 Å². The van der Waals surface area contributed by atoms with Crippen LogP contribution in [0, 0.1) is 11.3 Å². The van der Waals surface area contributed by atoms with Crippen LogP contribution in [0.5, 0.6) is 11.5 Å². The minimum Gasteiger partial charge on any atom is -0.496 e. The topological polar surface area (TPSA) is 182 Å². The highest BCUT2D eigenvalue weighted by molar-refractivity contribution is 7.91. The second-order valence-corrected chi connectivity index (χ2v) is 19.5. The molecule has 0 unspecified atom stereocenters. The first-order valence-electron chi connectivity index (χ1n) is 21.0. The number of nitrogens with zero attached hydrogens (tertiary/aromatic N) is 2. The van der Waals surface area contributed by atoms with Crippen LogP contribution in [0.4, 0.5) is 4.79 Å². The van der Waals surface area contributed by atoms with Crippen molar-refractivity contribution in [2.45, 2.75) is 107 Å². The molecule has 4 heterocycles. The number of hydrogen-bond acceptors (Lipinski definition) is 10. The van der Waals surface area contributed by atoms with Crippen molar-refractivity contribution in [2.75, 3.05) is 20.3 Å². The number of rotatable bonds is 5. The molecule has 2 saturated carbocycles. The Balaban J connectivity index is 1.20. The maximum Gasteiger partial charge on any atom is 0.407 e. The van der Waals surface area contributed by atoms with E-state index >= 15 is 0 Å². The van der Waals surface area contributed by atoms with Gasteiger partial charge in [0.15, 0.2) is 0 Å². The molecule has 3 N–H and O–H groups in total. The second kappa shape index (κ2) is 16.5. The number of aromatic nitrogens is 1. The Labute approximate surface area is 350 Å². The van der Waals surface area contributed by atoms with Crippen molar-refractivity contribution in [3.8, 4) is 22.8 Å². The smallest absolute Gasteiger partial charge is 0.407 e. The Morgan fingerprint density at radius 3 is 2.58 bits per heavy atom. The summed E-state index contributed by atoms with van der Waals surface area (Å²) in [6.45, 7) is 4.03. The van der Waals surface area contributed by atoms with E-state index in [0.717, 1.165) is 24.0 Å². The molecule has 2 aromatic carbocycles. The number of ether oxygens (including phenoxy) is 3. The van der Waals surface area contributed by atoms with Crippen molar-refractivity contribution in [3.05, 3.63) is 72.3 Å². The van der Waals surface area contributed by atoms with Crippen LogP contribution in [0.15, 0.2) is 66.8 Å². The van der Waals surface area contributed by atoms with E-state index in [2.05, 4.69) is 15.4 Å². The van der Waals surface area contributed by atoms with E-state index in [1.807, 2.05) is 86.7 Å². The Kier molecular flexibility index (Phi) is 11.4. The standard InChI is InChI=1S/C45H53N5O9S/c1-44(2)20-12-15-29-21-33-36(24-38(29)57-3)46-35(28-13-8-7-9-14-28)23-39(33)59-31-22-37-40(51)48-45(42(53)49-60(55,56)32-18-19-32)25-30(45)16-10-5-4-6-11-17-34(41(52)50(37)26-31)47-43(54)58-27-44/h7-10,12-16,21,23-24,30-32,34,37H,4-6,11,17-20,22,25-27H2,1-3H3,(H,47,54)(H,48,51)(H,49,53)/b15-12+,16-10-/t30-,31-,34+,37+,45-/m1/s1. The fourth-order valence-corrected chi connectivity index (χ4v) is 9.80. The van der Waals surface area contributed by atoms with Crippen molar-refractivity contribution in [1.82, 2.24) is 25.2 Å². The van der Waals surface area contributed by atoms with Gasteiger partial charge in [0.25, 0.3) is 5.91 Å². The molecular formula is C45H53N5O9S. The Morgan fingerprint density at radius 2 is 1.82 bits per heavy atom. The number of carbonyl (C=O) groups excluding carboxylic acids is 4. The molecule has 3 aliphatic heterocycles. The van der Waals surface area contributed by atoms with Crippen LogP contribution < -0.4 is 24.8 Å². The lowest BCUT2D eigenvalue weighted by atomic mass is 9.90. The summed E-state index contributed by atoms with van der Waals surface area (Å²) in [6.07, 6.45) is 11.3. The maximum atomic E-state index is 14.8. The van der Waals surface area contributed by atoms with Gasteiger partial charge in [-0.05, 0) is 51.0 Å². The molecule has 0 radical (unpaired) electrons. The Morgan fingerprint density at radius 1 is 1.02 bits per heavy atom. The zero-order valence-electron chi connectivity index (χ0n) is 34.3. The van der Waals surface area contributed by atoms with Gasteiger partial charge in [-0.1, -0.05) is 81.3 Å². The van der Waals surface area contributed by atoms with Crippen LogP contribution in [0.25, 0.3) is 28.2 Å². The molecule has 14 nitrogen and oxygen atoms in total. The van der Waals surface area contributed by atoms with Gasteiger partial charge in [0.2, 0.25) is 21.8 Å². The zero-order chi connectivity index (χ0) is 42.2. The monoisotopic (exact) mass is 839 g/mol. The molecule has 3 aromatic rings.